The molecule has 0 radical (unpaired) electrons. The first-order valence-corrected chi connectivity index (χ1v) is 10.2. The van der Waals surface area contributed by atoms with Crippen LogP contribution in [-0.2, 0) is 11.2 Å². The number of hydrogen-bond donors (Lipinski definition) is 1. The minimum absolute atomic E-state index is 0. The molecule has 2 heterocycles. The molecular formula is C22H25ClN2OS. The summed E-state index contributed by atoms with van der Waals surface area (Å²) in [5.74, 6) is 0.0992. The summed E-state index contributed by atoms with van der Waals surface area (Å²) in [7, 11) is 0. The molecule has 1 amide bonds. The fraction of sp³-hybridized carbons (Fsp3) is 0.318. The van der Waals surface area contributed by atoms with Crippen LogP contribution in [0.15, 0.2) is 60.0 Å². The number of hydrogen-bond acceptors (Lipinski definition) is 3. The third kappa shape index (κ3) is 4.70. The van der Waals surface area contributed by atoms with E-state index in [0.29, 0.717) is 19.0 Å². The summed E-state index contributed by atoms with van der Waals surface area (Å²) >= 11 is 1.78. The van der Waals surface area contributed by atoms with Gasteiger partial charge in [-0.15, -0.1) is 23.7 Å². The lowest BCUT2D eigenvalue weighted by Gasteiger charge is -2.27. The quantitative estimate of drug-likeness (QED) is 0.643. The Bertz CT molecular complexity index is 870. The standard InChI is InChI=1S/C22H24N2OS.ClH/c25-22(15-18-9-5-8-17-7-1-2-10-19(17)18)23-16-20(21-11-6-14-26-21)24-12-3-4-13-24;/h1-2,5-11,14,20H,3-4,12-13,15-16H2,(H,23,25);1H. The summed E-state index contributed by atoms with van der Waals surface area (Å²) in [6.07, 6.45) is 2.94. The molecule has 2 aromatic carbocycles. The number of carbonyl (C=O) groups excluding carboxylic acids is 1. The topological polar surface area (TPSA) is 32.3 Å². The molecule has 4 rings (SSSR count). The van der Waals surface area contributed by atoms with E-state index in [2.05, 4.69) is 52.0 Å². The number of halogens is 1. The van der Waals surface area contributed by atoms with Crippen LogP contribution in [0.5, 0.6) is 0 Å². The van der Waals surface area contributed by atoms with E-state index in [1.807, 2.05) is 18.2 Å². The van der Waals surface area contributed by atoms with Gasteiger partial charge in [0.05, 0.1) is 12.5 Å². The average Bonchev–Trinajstić information content (AvgIpc) is 3.37. The van der Waals surface area contributed by atoms with Crippen molar-refractivity contribution in [3.63, 3.8) is 0 Å². The van der Waals surface area contributed by atoms with E-state index in [-0.39, 0.29) is 18.3 Å². The van der Waals surface area contributed by atoms with Gasteiger partial charge in [-0.3, -0.25) is 9.69 Å². The van der Waals surface area contributed by atoms with Crippen molar-refractivity contribution in [2.24, 2.45) is 0 Å². The fourth-order valence-electron chi connectivity index (χ4n) is 3.84. The highest BCUT2D eigenvalue weighted by Crippen LogP contribution is 2.28. The first-order chi connectivity index (χ1) is 12.8. The minimum atomic E-state index is 0. The van der Waals surface area contributed by atoms with Crippen molar-refractivity contribution in [1.29, 1.82) is 0 Å². The van der Waals surface area contributed by atoms with Crippen LogP contribution >= 0.6 is 23.7 Å². The second-order valence-corrected chi connectivity index (χ2v) is 7.87. The van der Waals surface area contributed by atoms with Gasteiger partial charge < -0.3 is 5.32 Å². The third-order valence-corrected chi connectivity index (χ3v) is 6.15. The molecule has 3 nitrogen and oxygen atoms in total. The Balaban J connectivity index is 0.00000210. The number of carbonyl (C=O) groups is 1. The lowest BCUT2D eigenvalue weighted by molar-refractivity contribution is -0.120. The van der Waals surface area contributed by atoms with E-state index in [4.69, 9.17) is 0 Å². The van der Waals surface area contributed by atoms with E-state index in [0.717, 1.165) is 18.7 Å². The molecular weight excluding hydrogens is 376 g/mol. The Hall–Kier alpha value is -1.88. The molecule has 5 heteroatoms. The summed E-state index contributed by atoms with van der Waals surface area (Å²) in [6, 6.07) is 19.0. The molecule has 0 saturated carbocycles. The Labute approximate surface area is 170 Å². The van der Waals surface area contributed by atoms with Crippen molar-refractivity contribution < 1.29 is 4.79 Å². The van der Waals surface area contributed by atoms with E-state index < -0.39 is 0 Å². The zero-order valence-electron chi connectivity index (χ0n) is 15.3. The Kier molecular flexibility index (Phi) is 6.89. The second kappa shape index (κ2) is 9.36. The van der Waals surface area contributed by atoms with Crippen molar-refractivity contribution in [1.82, 2.24) is 10.2 Å². The van der Waals surface area contributed by atoms with Gasteiger partial charge in [0.25, 0.3) is 0 Å². The predicted octanol–water partition coefficient (Wildman–Crippen LogP) is 4.82. The van der Waals surface area contributed by atoms with Gasteiger partial charge >= 0.3 is 0 Å². The van der Waals surface area contributed by atoms with Crippen molar-refractivity contribution in [3.8, 4) is 0 Å². The maximum Gasteiger partial charge on any atom is 0.224 e. The molecule has 1 unspecified atom stereocenters. The van der Waals surface area contributed by atoms with Gasteiger partial charge in [0.1, 0.15) is 0 Å². The molecule has 1 aliphatic rings. The van der Waals surface area contributed by atoms with Crippen LogP contribution in [0.4, 0.5) is 0 Å². The first-order valence-electron chi connectivity index (χ1n) is 9.32. The van der Waals surface area contributed by atoms with Gasteiger partial charge in [0.2, 0.25) is 5.91 Å². The highest BCUT2D eigenvalue weighted by atomic mass is 35.5. The maximum atomic E-state index is 12.6. The smallest absolute Gasteiger partial charge is 0.224 e. The molecule has 1 fully saturated rings. The van der Waals surface area contributed by atoms with Gasteiger partial charge in [0.15, 0.2) is 0 Å². The molecule has 27 heavy (non-hydrogen) atoms. The van der Waals surface area contributed by atoms with Crippen LogP contribution in [0.1, 0.15) is 29.3 Å². The average molecular weight is 401 g/mol. The summed E-state index contributed by atoms with van der Waals surface area (Å²) in [5, 5.41) is 7.66. The fourth-order valence-corrected chi connectivity index (χ4v) is 4.70. The molecule has 1 atom stereocenters. The second-order valence-electron chi connectivity index (χ2n) is 6.89. The molecule has 3 aromatic rings. The summed E-state index contributed by atoms with van der Waals surface area (Å²) in [4.78, 5) is 16.5. The minimum Gasteiger partial charge on any atom is -0.354 e. The van der Waals surface area contributed by atoms with E-state index in [1.165, 1.54) is 28.5 Å². The van der Waals surface area contributed by atoms with Crippen LogP contribution in [0.25, 0.3) is 10.8 Å². The molecule has 1 saturated heterocycles. The van der Waals surface area contributed by atoms with Crippen LogP contribution in [0.2, 0.25) is 0 Å². The van der Waals surface area contributed by atoms with Crippen LogP contribution in [0.3, 0.4) is 0 Å². The number of thiophene rings is 1. The number of benzene rings is 2. The van der Waals surface area contributed by atoms with E-state index >= 15 is 0 Å². The van der Waals surface area contributed by atoms with E-state index in [1.54, 1.807) is 11.3 Å². The van der Waals surface area contributed by atoms with Crippen molar-refractivity contribution in [2.75, 3.05) is 19.6 Å². The van der Waals surface area contributed by atoms with Crippen molar-refractivity contribution >= 4 is 40.4 Å². The Morgan fingerprint density at radius 1 is 1.04 bits per heavy atom. The van der Waals surface area contributed by atoms with Gasteiger partial charge in [-0.25, -0.2) is 0 Å². The van der Waals surface area contributed by atoms with Crippen molar-refractivity contribution in [3.05, 3.63) is 70.4 Å². The number of amides is 1. The molecule has 1 aliphatic heterocycles. The largest absolute Gasteiger partial charge is 0.354 e. The van der Waals surface area contributed by atoms with Crippen molar-refractivity contribution in [2.45, 2.75) is 25.3 Å². The molecule has 0 spiro atoms. The lowest BCUT2D eigenvalue weighted by Crippen LogP contribution is -2.37. The van der Waals surface area contributed by atoms with Gasteiger partial charge in [-0.05, 0) is 53.7 Å². The number of nitrogens with one attached hydrogen (secondary N) is 1. The molecule has 1 aromatic heterocycles. The normalized spacial score (nSPS) is 15.4. The summed E-state index contributed by atoms with van der Waals surface area (Å²) in [6.45, 7) is 2.94. The van der Waals surface area contributed by atoms with Crippen LogP contribution < -0.4 is 5.32 Å². The van der Waals surface area contributed by atoms with Crippen LogP contribution in [0, 0.1) is 0 Å². The number of nitrogens with zero attached hydrogens (tertiary/aromatic N) is 1. The molecule has 0 aliphatic carbocycles. The Morgan fingerprint density at radius 3 is 2.59 bits per heavy atom. The first kappa shape index (κ1) is 19.9. The zero-order valence-corrected chi connectivity index (χ0v) is 16.9. The van der Waals surface area contributed by atoms with Gasteiger partial charge in [-0.1, -0.05) is 48.5 Å². The highest BCUT2D eigenvalue weighted by molar-refractivity contribution is 7.10. The van der Waals surface area contributed by atoms with E-state index in [9.17, 15) is 4.79 Å². The van der Waals surface area contributed by atoms with Gasteiger partial charge in [0, 0.05) is 11.4 Å². The third-order valence-electron chi connectivity index (χ3n) is 5.18. The predicted molar refractivity (Wildman–Crippen MR) is 116 cm³/mol. The summed E-state index contributed by atoms with van der Waals surface area (Å²) in [5.41, 5.74) is 1.09. The monoisotopic (exact) mass is 400 g/mol. The summed E-state index contributed by atoms with van der Waals surface area (Å²) < 4.78 is 0. The Morgan fingerprint density at radius 2 is 1.81 bits per heavy atom. The number of likely N-dealkylation sites (tertiary alicyclic amines) is 1. The molecule has 1 N–H and O–H groups in total. The zero-order chi connectivity index (χ0) is 17.8. The number of fused-ring (bicyclic) bond motifs is 1. The van der Waals surface area contributed by atoms with Crippen LogP contribution in [-0.4, -0.2) is 30.4 Å². The van der Waals surface area contributed by atoms with Gasteiger partial charge in [-0.2, -0.15) is 0 Å². The SMILES string of the molecule is Cl.O=C(Cc1cccc2ccccc12)NCC(c1cccs1)N1CCCC1. The maximum absolute atomic E-state index is 12.6. The highest BCUT2D eigenvalue weighted by Gasteiger charge is 2.24. The number of rotatable bonds is 6. The lowest BCUT2D eigenvalue weighted by atomic mass is 10.0. The molecule has 0 bridgehead atoms. The molecule has 142 valence electrons.